The average Bonchev–Trinajstić information content (AvgIpc) is 3.98. The van der Waals surface area contributed by atoms with E-state index in [1.807, 2.05) is 0 Å². The van der Waals surface area contributed by atoms with Crippen LogP contribution in [0.15, 0.2) is 121 Å². The van der Waals surface area contributed by atoms with Gasteiger partial charge in [0.25, 0.3) is 0 Å². The van der Waals surface area contributed by atoms with Crippen LogP contribution < -0.4 is 21.3 Å². The Kier molecular flexibility index (Phi) is 8.69. The monoisotopic (exact) mass is 636 g/mol. The van der Waals surface area contributed by atoms with E-state index in [0.717, 1.165) is 0 Å². The zero-order chi connectivity index (χ0) is 31.9. The predicted octanol–water partition coefficient (Wildman–Crippen LogP) is 7.62. The number of nitrogens with one attached hydrogen (secondary N) is 4. The summed E-state index contributed by atoms with van der Waals surface area (Å²) >= 11 is 0. The summed E-state index contributed by atoms with van der Waals surface area (Å²) in [7, 11) is 0. The van der Waals surface area contributed by atoms with Crippen molar-refractivity contribution in [3.05, 3.63) is 144 Å². The van der Waals surface area contributed by atoms with Crippen LogP contribution in [0.25, 0.3) is 0 Å². The van der Waals surface area contributed by atoms with Crippen LogP contribution in [0.5, 0.6) is 0 Å². The first-order chi connectivity index (χ1) is 23.8. The van der Waals surface area contributed by atoms with Crippen molar-refractivity contribution in [3.8, 4) is 0 Å². The van der Waals surface area contributed by atoms with Crippen molar-refractivity contribution in [3.63, 3.8) is 0 Å². The quantitative estimate of drug-likeness (QED) is 0.186. The first-order valence-electron chi connectivity index (χ1n) is 19.0. The van der Waals surface area contributed by atoms with E-state index in [1.165, 1.54) is 73.6 Å². The molecular formula is C44H52N4. The highest BCUT2D eigenvalue weighted by Gasteiger charge is 2.49. The summed E-state index contributed by atoms with van der Waals surface area (Å²) in [5.41, 5.74) is 5.97. The molecule has 0 radical (unpaired) electrons. The van der Waals surface area contributed by atoms with Gasteiger partial charge in [-0.2, -0.15) is 0 Å². The van der Waals surface area contributed by atoms with Gasteiger partial charge < -0.3 is 21.3 Å². The summed E-state index contributed by atoms with van der Waals surface area (Å²) in [5.74, 6) is 1.83. The van der Waals surface area contributed by atoms with Gasteiger partial charge in [-0.25, -0.2) is 0 Å². The van der Waals surface area contributed by atoms with Crippen molar-refractivity contribution in [1.29, 1.82) is 0 Å². The van der Waals surface area contributed by atoms with E-state index in [-0.39, 0.29) is 0 Å². The van der Waals surface area contributed by atoms with E-state index >= 15 is 0 Å². The third kappa shape index (κ3) is 5.85. The molecule has 0 aromatic heterocycles. The topological polar surface area (TPSA) is 48.1 Å². The molecule has 0 saturated carbocycles. The van der Waals surface area contributed by atoms with Crippen molar-refractivity contribution in [1.82, 2.24) is 21.3 Å². The molecular weight excluding hydrogens is 585 g/mol. The molecule has 4 heteroatoms. The maximum absolute atomic E-state index is 4.36. The van der Waals surface area contributed by atoms with Crippen LogP contribution in [-0.2, 0) is 0 Å². The van der Waals surface area contributed by atoms with Crippen molar-refractivity contribution in [2.75, 3.05) is 0 Å². The second kappa shape index (κ2) is 13.6. The third-order valence-corrected chi connectivity index (χ3v) is 13.1. The van der Waals surface area contributed by atoms with Crippen LogP contribution in [0.3, 0.4) is 0 Å². The van der Waals surface area contributed by atoms with E-state index in [2.05, 4.69) is 143 Å². The van der Waals surface area contributed by atoms with E-state index in [0.29, 0.717) is 72.0 Å². The zero-order valence-corrected chi connectivity index (χ0v) is 28.1. The lowest BCUT2D eigenvalue weighted by atomic mass is 9.83. The van der Waals surface area contributed by atoms with Gasteiger partial charge in [0.1, 0.15) is 0 Å². The second-order valence-electron chi connectivity index (χ2n) is 15.6. The minimum absolute atomic E-state index is 0.456. The fraction of sp³-hybridized carbons (Fsp3) is 0.455. The van der Waals surface area contributed by atoms with Crippen LogP contribution >= 0.6 is 0 Å². The molecule has 4 nitrogen and oxygen atoms in total. The van der Waals surface area contributed by atoms with Gasteiger partial charge in [-0.3, -0.25) is 0 Å². The van der Waals surface area contributed by atoms with Gasteiger partial charge in [-0.15, -0.1) is 0 Å². The minimum Gasteiger partial charge on any atom is -0.310 e. The van der Waals surface area contributed by atoms with Gasteiger partial charge in [0.15, 0.2) is 0 Å². The van der Waals surface area contributed by atoms with Gasteiger partial charge in [0, 0.05) is 72.0 Å². The minimum atomic E-state index is 0.456. The number of hydrogen-bond donors (Lipinski definition) is 4. The summed E-state index contributed by atoms with van der Waals surface area (Å²) in [6, 6.07) is 49.6. The molecule has 5 saturated heterocycles. The lowest BCUT2D eigenvalue weighted by molar-refractivity contribution is 0.305. The van der Waals surface area contributed by atoms with E-state index in [9.17, 15) is 0 Å². The molecule has 4 N–H and O–H groups in total. The molecule has 8 bridgehead atoms. The highest BCUT2D eigenvalue weighted by molar-refractivity contribution is 5.32. The Labute approximate surface area is 287 Å². The Morgan fingerprint density at radius 1 is 0.250 bits per heavy atom. The van der Waals surface area contributed by atoms with Gasteiger partial charge in [-0.1, -0.05) is 121 Å². The zero-order valence-electron chi connectivity index (χ0n) is 28.1. The molecule has 0 spiro atoms. The van der Waals surface area contributed by atoms with E-state index in [1.54, 1.807) is 0 Å². The van der Waals surface area contributed by atoms with Crippen molar-refractivity contribution < 1.29 is 0 Å². The molecule has 4 aromatic rings. The first-order valence-corrected chi connectivity index (χ1v) is 19.0. The fourth-order valence-electron chi connectivity index (χ4n) is 11.2. The van der Waals surface area contributed by atoms with Crippen LogP contribution in [0.4, 0.5) is 0 Å². The maximum Gasteiger partial charge on any atom is 0.0154 e. The Morgan fingerprint density at radius 3 is 0.583 bits per heavy atom. The van der Waals surface area contributed by atoms with E-state index in [4.69, 9.17) is 0 Å². The van der Waals surface area contributed by atoms with Crippen LogP contribution in [-0.4, -0.2) is 48.3 Å². The predicted molar refractivity (Wildman–Crippen MR) is 197 cm³/mol. The number of rotatable bonds is 4. The van der Waals surface area contributed by atoms with Gasteiger partial charge in [-0.05, 0) is 73.6 Å². The molecule has 8 atom stereocenters. The molecule has 5 aliphatic rings. The Morgan fingerprint density at radius 2 is 0.417 bits per heavy atom. The average molecular weight is 637 g/mol. The van der Waals surface area contributed by atoms with Crippen molar-refractivity contribution in [2.24, 2.45) is 0 Å². The molecule has 4 aromatic carbocycles. The molecule has 8 unspecified atom stereocenters. The lowest BCUT2D eigenvalue weighted by Crippen LogP contribution is -2.51. The van der Waals surface area contributed by atoms with Crippen LogP contribution in [0.1, 0.15) is 97.3 Å². The highest BCUT2D eigenvalue weighted by atomic mass is 15.1. The summed E-state index contributed by atoms with van der Waals surface area (Å²) < 4.78 is 0. The highest BCUT2D eigenvalue weighted by Crippen LogP contribution is 2.45. The smallest absolute Gasteiger partial charge is 0.0154 e. The lowest BCUT2D eigenvalue weighted by Gasteiger charge is -2.37. The Hall–Kier alpha value is -3.28. The molecule has 0 aliphatic carbocycles. The second-order valence-corrected chi connectivity index (χ2v) is 15.6. The molecule has 5 fully saturated rings. The summed E-state index contributed by atoms with van der Waals surface area (Å²) in [4.78, 5) is 0. The Bertz CT molecular complexity index is 1330. The molecule has 5 aliphatic heterocycles. The van der Waals surface area contributed by atoms with Gasteiger partial charge in [0.05, 0.1) is 0 Å². The van der Waals surface area contributed by atoms with Crippen LogP contribution in [0.2, 0.25) is 0 Å². The molecule has 9 rings (SSSR count). The summed E-state index contributed by atoms with van der Waals surface area (Å²) in [6.45, 7) is 0. The third-order valence-electron chi connectivity index (χ3n) is 13.1. The standard InChI is InChI=1S/C44H52N4/c1-5-13-29(14-6-1)41-33-21-23-35(45-33)42(30-15-7-2-8-16-30)37-25-27-39(47-37)44(32-19-11-4-12-20-32)40-28-26-38(48-40)43(31-17-9-3-10-18-31)36-24-22-34(41)46-36/h1-20,33-48H,21-28H2. The summed E-state index contributed by atoms with van der Waals surface area (Å²) in [5, 5.41) is 17.4. The SMILES string of the molecule is c1ccc(C2C3CCC(N3)C(c3ccccc3)C3CCC(N3)C(c3ccccc3)C3CCC(N3)C(c3ccccc3)C3CCC2N3)cc1. The molecule has 248 valence electrons. The largest absolute Gasteiger partial charge is 0.310 e. The van der Waals surface area contributed by atoms with Crippen molar-refractivity contribution >= 4 is 0 Å². The molecule has 5 heterocycles. The first kappa shape index (κ1) is 30.8. The van der Waals surface area contributed by atoms with Crippen molar-refractivity contribution in [2.45, 2.75) is 123 Å². The van der Waals surface area contributed by atoms with Crippen LogP contribution in [0, 0.1) is 0 Å². The van der Waals surface area contributed by atoms with E-state index < -0.39 is 0 Å². The number of fused-ring (bicyclic) bond motifs is 8. The molecule has 48 heavy (non-hydrogen) atoms. The summed E-state index contributed by atoms with van der Waals surface area (Å²) in [6.07, 6.45) is 9.84. The number of benzene rings is 4. The maximum atomic E-state index is 4.36. The van der Waals surface area contributed by atoms with Gasteiger partial charge in [0.2, 0.25) is 0 Å². The number of hydrogen-bond acceptors (Lipinski definition) is 4. The Balaban J connectivity index is 1.13. The normalized spacial score (nSPS) is 37.8. The fourth-order valence-corrected chi connectivity index (χ4v) is 11.2. The molecule has 0 amide bonds. The van der Waals surface area contributed by atoms with Gasteiger partial charge >= 0.3 is 0 Å².